The molecular weight excluding hydrogens is 442 g/mol. The second kappa shape index (κ2) is 10.8. The standard InChI is InChI=1S/C28H37N3O4/c1-34-26-12-11-22(18-27(26)35-25-9-5-6-10-25)29-15-16-31(28(33)30-14-13-24(32)20-30)23(19-29)17-21-7-3-2-4-8-21/h2-4,7-8,11-12,18,23-25,32H,5-6,9-10,13-17,19-20H2,1H3/t23-,24?/m0/s1. The maximum Gasteiger partial charge on any atom is 0.320 e. The third-order valence-electron chi connectivity index (χ3n) is 7.58. The van der Waals surface area contributed by atoms with Gasteiger partial charge in [0.1, 0.15) is 0 Å². The largest absolute Gasteiger partial charge is 0.493 e. The highest BCUT2D eigenvalue weighted by Gasteiger charge is 2.35. The van der Waals surface area contributed by atoms with E-state index in [1.807, 2.05) is 17.0 Å². The van der Waals surface area contributed by atoms with Gasteiger partial charge in [-0.1, -0.05) is 30.3 Å². The molecule has 0 radical (unpaired) electrons. The Bertz CT molecular complexity index is 995. The number of carbonyl (C=O) groups is 1. The van der Waals surface area contributed by atoms with Crippen molar-refractivity contribution in [3.05, 3.63) is 54.1 Å². The van der Waals surface area contributed by atoms with E-state index < -0.39 is 6.10 Å². The molecule has 188 valence electrons. The first-order valence-electron chi connectivity index (χ1n) is 13.0. The van der Waals surface area contributed by atoms with Crippen LogP contribution in [-0.2, 0) is 6.42 Å². The van der Waals surface area contributed by atoms with E-state index in [0.29, 0.717) is 26.1 Å². The number of hydrogen-bond donors (Lipinski definition) is 1. The molecule has 0 aromatic heterocycles. The summed E-state index contributed by atoms with van der Waals surface area (Å²) >= 11 is 0. The zero-order valence-corrected chi connectivity index (χ0v) is 20.6. The van der Waals surface area contributed by atoms with Crippen molar-refractivity contribution in [2.45, 2.75) is 56.8 Å². The second-order valence-corrected chi connectivity index (χ2v) is 10.0. The number of rotatable bonds is 6. The third kappa shape index (κ3) is 5.50. The summed E-state index contributed by atoms with van der Waals surface area (Å²) in [6, 6.07) is 16.6. The van der Waals surface area contributed by atoms with Crippen LogP contribution in [0.3, 0.4) is 0 Å². The smallest absolute Gasteiger partial charge is 0.320 e. The van der Waals surface area contributed by atoms with E-state index in [1.54, 1.807) is 12.0 Å². The van der Waals surface area contributed by atoms with Crippen molar-refractivity contribution in [2.75, 3.05) is 44.7 Å². The number of amides is 2. The number of hydrogen-bond acceptors (Lipinski definition) is 5. The molecule has 1 aliphatic carbocycles. The van der Waals surface area contributed by atoms with Crippen molar-refractivity contribution in [3.63, 3.8) is 0 Å². The Morgan fingerprint density at radius 1 is 0.971 bits per heavy atom. The maximum atomic E-state index is 13.4. The molecule has 35 heavy (non-hydrogen) atoms. The van der Waals surface area contributed by atoms with Gasteiger partial charge in [-0.25, -0.2) is 4.79 Å². The van der Waals surface area contributed by atoms with Crippen molar-refractivity contribution in [1.29, 1.82) is 0 Å². The summed E-state index contributed by atoms with van der Waals surface area (Å²) < 4.78 is 11.9. The lowest BCUT2D eigenvalue weighted by atomic mass is 10.0. The average Bonchev–Trinajstić information content (AvgIpc) is 3.56. The van der Waals surface area contributed by atoms with Crippen LogP contribution in [-0.4, -0.2) is 79.0 Å². The number of urea groups is 1. The number of carbonyl (C=O) groups excluding carboxylic acids is 1. The van der Waals surface area contributed by atoms with Gasteiger partial charge in [-0.15, -0.1) is 0 Å². The maximum absolute atomic E-state index is 13.4. The molecule has 7 nitrogen and oxygen atoms in total. The number of benzene rings is 2. The molecular formula is C28H37N3O4. The minimum absolute atomic E-state index is 0.0395. The SMILES string of the molecule is COc1ccc(N2CCN(C(=O)N3CCC(O)C3)[C@@H](Cc3ccccc3)C2)cc1OC1CCCC1. The Kier molecular flexibility index (Phi) is 7.32. The number of likely N-dealkylation sites (tertiary alicyclic amines) is 1. The van der Waals surface area contributed by atoms with Crippen molar-refractivity contribution in [1.82, 2.24) is 9.80 Å². The molecule has 0 bridgehead atoms. The molecule has 7 heteroatoms. The highest BCUT2D eigenvalue weighted by Crippen LogP contribution is 2.36. The van der Waals surface area contributed by atoms with Crippen LogP contribution in [0.25, 0.3) is 0 Å². The quantitative estimate of drug-likeness (QED) is 0.680. The second-order valence-electron chi connectivity index (χ2n) is 10.0. The lowest BCUT2D eigenvalue weighted by Gasteiger charge is -2.44. The zero-order valence-electron chi connectivity index (χ0n) is 20.6. The van der Waals surface area contributed by atoms with Gasteiger partial charge in [0.05, 0.1) is 25.4 Å². The molecule has 2 aromatic rings. The fraction of sp³-hybridized carbons (Fsp3) is 0.536. The van der Waals surface area contributed by atoms with Gasteiger partial charge < -0.3 is 29.3 Å². The van der Waals surface area contributed by atoms with Crippen LogP contribution in [0.4, 0.5) is 10.5 Å². The summed E-state index contributed by atoms with van der Waals surface area (Å²) in [6.45, 7) is 3.19. The number of piperazine rings is 1. The fourth-order valence-electron chi connectivity index (χ4n) is 5.64. The molecule has 1 unspecified atom stereocenters. The van der Waals surface area contributed by atoms with Crippen molar-refractivity contribution in [3.8, 4) is 11.5 Å². The van der Waals surface area contributed by atoms with E-state index in [0.717, 1.165) is 49.5 Å². The van der Waals surface area contributed by atoms with Crippen LogP contribution in [0, 0.1) is 0 Å². The van der Waals surface area contributed by atoms with E-state index in [1.165, 1.54) is 18.4 Å². The van der Waals surface area contributed by atoms with Crippen LogP contribution >= 0.6 is 0 Å². The number of nitrogens with zero attached hydrogens (tertiary/aromatic N) is 3. The lowest BCUT2D eigenvalue weighted by molar-refractivity contribution is 0.124. The molecule has 1 saturated carbocycles. The molecule has 3 fully saturated rings. The minimum atomic E-state index is -0.412. The predicted molar refractivity (Wildman–Crippen MR) is 136 cm³/mol. The van der Waals surface area contributed by atoms with Crippen molar-refractivity contribution < 1.29 is 19.4 Å². The molecule has 2 saturated heterocycles. The van der Waals surface area contributed by atoms with Gasteiger partial charge in [0.15, 0.2) is 11.5 Å². The summed E-state index contributed by atoms with van der Waals surface area (Å²) in [7, 11) is 1.69. The summed E-state index contributed by atoms with van der Waals surface area (Å²) in [5.74, 6) is 1.57. The number of anilines is 1. The van der Waals surface area contributed by atoms with Gasteiger partial charge in [-0.2, -0.15) is 0 Å². The van der Waals surface area contributed by atoms with Gasteiger partial charge in [0.2, 0.25) is 0 Å². The van der Waals surface area contributed by atoms with E-state index in [-0.39, 0.29) is 18.2 Å². The average molecular weight is 480 g/mol. The van der Waals surface area contributed by atoms with E-state index in [9.17, 15) is 9.90 Å². The topological polar surface area (TPSA) is 65.5 Å². The Hall–Kier alpha value is -2.93. The molecule has 2 heterocycles. The van der Waals surface area contributed by atoms with Crippen LogP contribution in [0.15, 0.2) is 48.5 Å². The highest BCUT2D eigenvalue weighted by atomic mass is 16.5. The Balaban J connectivity index is 1.35. The highest BCUT2D eigenvalue weighted by molar-refractivity contribution is 5.76. The van der Waals surface area contributed by atoms with Gasteiger partial charge in [-0.3, -0.25) is 0 Å². The van der Waals surface area contributed by atoms with Gasteiger partial charge >= 0.3 is 6.03 Å². The molecule has 1 N–H and O–H groups in total. The Morgan fingerprint density at radius 3 is 2.49 bits per heavy atom. The molecule has 3 aliphatic rings. The van der Waals surface area contributed by atoms with Crippen molar-refractivity contribution in [2.24, 2.45) is 0 Å². The number of ether oxygens (including phenoxy) is 2. The van der Waals surface area contributed by atoms with Crippen molar-refractivity contribution >= 4 is 11.7 Å². The van der Waals surface area contributed by atoms with Crippen LogP contribution in [0.2, 0.25) is 0 Å². The lowest BCUT2D eigenvalue weighted by Crippen LogP contribution is -2.59. The Labute approximate surface area is 208 Å². The predicted octanol–water partition coefficient (Wildman–Crippen LogP) is 3.94. The van der Waals surface area contributed by atoms with Crippen LogP contribution in [0.1, 0.15) is 37.7 Å². The van der Waals surface area contributed by atoms with Gasteiger partial charge in [-0.05, 0) is 56.2 Å². The first-order chi connectivity index (χ1) is 17.1. The zero-order chi connectivity index (χ0) is 24.2. The van der Waals surface area contributed by atoms with Crippen LogP contribution in [0.5, 0.6) is 11.5 Å². The number of β-amino-alcohol motifs (C(OH)–C–C–N with tert-alkyl or cyclic N) is 1. The molecule has 2 aliphatic heterocycles. The van der Waals surface area contributed by atoms with E-state index >= 15 is 0 Å². The first-order valence-corrected chi connectivity index (χ1v) is 13.0. The normalized spacial score (nSPS) is 23.1. The van der Waals surface area contributed by atoms with Crippen LogP contribution < -0.4 is 14.4 Å². The third-order valence-corrected chi connectivity index (χ3v) is 7.58. The summed E-state index contributed by atoms with van der Waals surface area (Å²) in [5, 5.41) is 9.97. The summed E-state index contributed by atoms with van der Waals surface area (Å²) in [4.78, 5) is 19.6. The van der Waals surface area contributed by atoms with E-state index in [4.69, 9.17) is 9.47 Å². The first kappa shape index (κ1) is 23.8. The monoisotopic (exact) mass is 479 g/mol. The molecule has 2 amide bonds. The summed E-state index contributed by atoms with van der Waals surface area (Å²) in [5.41, 5.74) is 2.32. The molecule has 5 rings (SSSR count). The Morgan fingerprint density at radius 2 is 1.77 bits per heavy atom. The number of aliphatic hydroxyl groups is 1. The molecule has 2 aromatic carbocycles. The van der Waals surface area contributed by atoms with E-state index in [2.05, 4.69) is 41.3 Å². The number of methoxy groups -OCH3 is 1. The molecule has 0 spiro atoms. The summed E-state index contributed by atoms with van der Waals surface area (Å²) in [6.07, 6.45) is 5.93. The van der Waals surface area contributed by atoms with Gasteiger partial charge in [0.25, 0.3) is 0 Å². The fourth-order valence-corrected chi connectivity index (χ4v) is 5.64. The van der Waals surface area contributed by atoms with Gasteiger partial charge in [0, 0.05) is 44.5 Å². The molecule has 2 atom stereocenters. The number of aliphatic hydroxyl groups excluding tert-OH is 1. The minimum Gasteiger partial charge on any atom is -0.493 e.